The molecule has 0 bridgehead atoms. The summed E-state index contributed by atoms with van der Waals surface area (Å²) >= 11 is 1.11. The summed E-state index contributed by atoms with van der Waals surface area (Å²) in [6, 6.07) is 12.5. The van der Waals surface area contributed by atoms with Crippen molar-refractivity contribution in [2.45, 2.75) is 32.9 Å². The van der Waals surface area contributed by atoms with Gasteiger partial charge in [0, 0.05) is 6.07 Å². The molecule has 2 aromatic carbocycles. The second-order valence-electron chi connectivity index (χ2n) is 8.12. The van der Waals surface area contributed by atoms with Crippen LogP contribution < -0.4 is 19.6 Å². The van der Waals surface area contributed by atoms with E-state index in [0.29, 0.717) is 27.4 Å². The molecule has 1 aliphatic rings. The zero-order valence-corrected chi connectivity index (χ0v) is 20.4. The highest BCUT2D eigenvalue weighted by atomic mass is 32.1. The molecule has 0 saturated carbocycles. The van der Waals surface area contributed by atoms with Crippen molar-refractivity contribution in [3.05, 3.63) is 101 Å². The number of nitro groups is 1. The van der Waals surface area contributed by atoms with Crippen LogP contribution in [0.15, 0.2) is 69.6 Å². The lowest BCUT2D eigenvalue weighted by atomic mass is 9.96. The molecule has 180 valence electrons. The number of ether oxygens (including phenoxy) is 2. The fourth-order valence-corrected chi connectivity index (χ4v) is 4.92. The Kier molecular flexibility index (Phi) is 6.65. The normalized spacial score (nSPS) is 15.6. The number of para-hydroxylation sites is 1. The van der Waals surface area contributed by atoms with Crippen LogP contribution in [-0.4, -0.2) is 28.7 Å². The molecule has 4 rings (SSSR count). The van der Waals surface area contributed by atoms with Crippen molar-refractivity contribution < 1.29 is 19.2 Å². The molecule has 0 N–H and O–H groups in total. The number of rotatable bonds is 6. The Balaban J connectivity index is 1.96. The van der Waals surface area contributed by atoms with E-state index in [1.165, 1.54) is 16.7 Å². The van der Waals surface area contributed by atoms with Gasteiger partial charge < -0.3 is 9.47 Å². The number of hydrogen-bond acceptors (Lipinski definition) is 8. The zero-order valence-electron chi connectivity index (χ0n) is 19.6. The van der Waals surface area contributed by atoms with E-state index in [1.807, 2.05) is 0 Å². The van der Waals surface area contributed by atoms with Crippen LogP contribution in [0.4, 0.5) is 5.69 Å². The third-order valence-corrected chi connectivity index (χ3v) is 6.42. The first-order valence-electron chi connectivity index (χ1n) is 10.8. The van der Waals surface area contributed by atoms with Crippen LogP contribution in [0, 0.1) is 10.1 Å². The van der Waals surface area contributed by atoms with Gasteiger partial charge >= 0.3 is 5.97 Å². The predicted molar refractivity (Wildman–Crippen MR) is 131 cm³/mol. The molecule has 2 heterocycles. The Hall–Kier alpha value is -4.05. The Labute approximate surface area is 204 Å². The number of hydrogen-bond donors (Lipinski definition) is 0. The molecule has 9 nitrogen and oxygen atoms in total. The van der Waals surface area contributed by atoms with Crippen molar-refractivity contribution in [3.63, 3.8) is 0 Å². The topological polar surface area (TPSA) is 113 Å². The number of benzene rings is 2. The van der Waals surface area contributed by atoms with Gasteiger partial charge in [-0.1, -0.05) is 35.6 Å². The summed E-state index contributed by atoms with van der Waals surface area (Å²) in [5.41, 5.74) is 1.16. The standard InChI is InChI=1S/C25H23N3O6S/c1-14(2)34-24(30)21-15(3)26-25-27(22(21)16-9-11-18(33-4)12-10-16)23(29)20(35-25)13-17-7-5-6-8-19(17)28(31)32/h5-14,22H,1-4H3. The molecule has 3 aromatic rings. The minimum Gasteiger partial charge on any atom is -0.497 e. The summed E-state index contributed by atoms with van der Waals surface area (Å²) in [5, 5.41) is 11.4. The van der Waals surface area contributed by atoms with E-state index in [9.17, 15) is 19.7 Å². The van der Waals surface area contributed by atoms with E-state index in [1.54, 1.807) is 70.3 Å². The molecule has 0 amide bonds. The van der Waals surface area contributed by atoms with Gasteiger partial charge in [-0.25, -0.2) is 9.79 Å². The lowest BCUT2D eigenvalue weighted by molar-refractivity contribution is -0.385. The van der Waals surface area contributed by atoms with E-state index in [-0.39, 0.29) is 21.9 Å². The molecular weight excluding hydrogens is 470 g/mol. The van der Waals surface area contributed by atoms with Crippen molar-refractivity contribution in [2.75, 3.05) is 7.11 Å². The van der Waals surface area contributed by atoms with Gasteiger partial charge in [-0.05, 0) is 50.6 Å². The summed E-state index contributed by atoms with van der Waals surface area (Å²) in [7, 11) is 1.55. The number of nitrogens with zero attached hydrogens (tertiary/aromatic N) is 3. The van der Waals surface area contributed by atoms with Crippen LogP contribution in [0.25, 0.3) is 6.08 Å². The van der Waals surface area contributed by atoms with Crippen molar-refractivity contribution in [1.29, 1.82) is 0 Å². The molecule has 0 saturated heterocycles. The van der Waals surface area contributed by atoms with Gasteiger partial charge in [0.05, 0.1) is 45.5 Å². The van der Waals surface area contributed by atoms with Gasteiger partial charge in [0.1, 0.15) is 5.75 Å². The average molecular weight is 494 g/mol. The van der Waals surface area contributed by atoms with Gasteiger partial charge in [-0.2, -0.15) is 0 Å². The number of methoxy groups -OCH3 is 1. The fourth-order valence-electron chi connectivity index (χ4n) is 3.88. The fraction of sp³-hybridized carbons (Fsp3) is 0.240. The molecule has 0 spiro atoms. The van der Waals surface area contributed by atoms with E-state index in [4.69, 9.17) is 9.47 Å². The first-order chi connectivity index (χ1) is 16.7. The molecule has 1 aliphatic heterocycles. The maximum absolute atomic E-state index is 13.6. The number of fused-ring (bicyclic) bond motifs is 1. The van der Waals surface area contributed by atoms with Gasteiger partial charge in [0.25, 0.3) is 11.2 Å². The smallest absolute Gasteiger partial charge is 0.338 e. The van der Waals surface area contributed by atoms with E-state index in [0.717, 1.165) is 11.3 Å². The maximum Gasteiger partial charge on any atom is 0.338 e. The number of allylic oxidation sites excluding steroid dienone is 1. The lowest BCUT2D eigenvalue weighted by Gasteiger charge is -2.25. The summed E-state index contributed by atoms with van der Waals surface area (Å²) in [5.74, 6) is 0.0691. The number of carbonyl (C=O) groups excluding carboxylic acids is 1. The zero-order chi connectivity index (χ0) is 25.3. The van der Waals surface area contributed by atoms with E-state index < -0.39 is 22.5 Å². The van der Waals surface area contributed by atoms with Crippen molar-refractivity contribution in [3.8, 4) is 5.75 Å². The van der Waals surface area contributed by atoms with Crippen LogP contribution in [-0.2, 0) is 9.53 Å². The number of esters is 1. The quantitative estimate of drug-likeness (QED) is 0.296. The van der Waals surface area contributed by atoms with Crippen molar-refractivity contribution >= 4 is 29.1 Å². The van der Waals surface area contributed by atoms with Gasteiger partial charge in [-0.15, -0.1) is 0 Å². The number of carbonyl (C=O) groups is 1. The Morgan fingerprint density at radius 1 is 1.20 bits per heavy atom. The number of nitro benzene ring substituents is 1. The third-order valence-electron chi connectivity index (χ3n) is 5.44. The van der Waals surface area contributed by atoms with E-state index >= 15 is 0 Å². The van der Waals surface area contributed by atoms with Crippen LogP contribution in [0.5, 0.6) is 5.75 Å². The second-order valence-corrected chi connectivity index (χ2v) is 9.13. The SMILES string of the molecule is COc1ccc(C2C(C(=O)OC(C)C)=C(C)N=c3sc(=Cc4ccccc4[N+](=O)[O-])c(=O)n32)cc1. The van der Waals surface area contributed by atoms with Gasteiger partial charge in [0.15, 0.2) is 4.80 Å². The third kappa shape index (κ3) is 4.65. The molecule has 0 radical (unpaired) electrons. The summed E-state index contributed by atoms with van der Waals surface area (Å²) in [6.07, 6.45) is 1.13. The average Bonchev–Trinajstić information content (AvgIpc) is 3.12. The van der Waals surface area contributed by atoms with E-state index in [2.05, 4.69) is 4.99 Å². The van der Waals surface area contributed by atoms with Crippen LogP contribution >= 0.6 is 11.3 Å². The molecule has 0 aliphatic carbocycles. The van der Waals surface area contributed by atoms with Crippen molar-refractivity contribution in [2.24, 2.45) is 4.99 Å². The van der Waals surface area contributed by atoms with Gasteiger partial charge in [0.2, 0.25) is 0 Å². The Morgan fingerprint density at radius 2 is 1.89 bits per heavy atom. The minimum atomic E-state index is -0.781. The molecular formula is C25H23N3O6S. The maximum atomic E-state index is 13.6. The highest BCUT2D eigenvalue weighted by molar-refractivity contribution is 7.07. The molecule has 0 fully saturated rings. The highest BCUT2D eigenvalue weighted by Gasteiger charge is 2.33. The summed E-state index contributed by atoms with van der Waals surface area (Å²) < 4.78 is 12.4. The molecule has 1 aromatic heterocycles. The highest BCUT2D eigenvalue weighted by Crippen LogP contribution is 2.32. The van der Waals surface area contributed by atoms with Gasteiger partial charge in [-0.3, -0.25) is 19.5 Å². The van der Waals surface area contributed by atoms with Crippen LogP contribution in [0.2, 0.25) is 0 Å². The Bertz CT molecular complexity index is 1520. The van der Waals surface area contributed by atoms with Crippen LogP contribution in [0.3, 0.4) is 0 Å². The number of aromatic nitrogens is 1. The predicted octanol–water partition coefficient (Wildman–Crippen LogP) is 3.10. The van der Waals surface area contributed by atoms with Crippen molar-refractivity contribution in [1.82, 2.24) is 4.57 Å². The Morgan fingerprint density at radius 3 is 2.51 bits per heavy atom. The molecule has 35 heavy (non-hydrogen) atoms. The summed E-state index contributed by atoms with van der Waals surface area (Å²) in [4.78, 5) is 42.6. The second kappa shape index (κ2) is 9.67. The number of thiazole rings is 1. The molecule has 1 atom stereocenters. The first kappa shape index (κ1) is 24.1. The minimum absolute atomic E-state index is 0.109. The molecule has 1 unspecified atom stereocenters. The molecule has 10 heteroatoms. The monoisotopic (exact) mass is 493 g/mol. The summed E-state index contributed by atoms with van der Waals surface area (Å²) in [6.45, 7) is 5.20. The lowest BCUT2D eigenvalue weighted by Crippen LogP contribution is -2.40. The largest absolute Gasteiger partial charge is 0.497 e. The van der Waals surface area contributed by atoms with Crippen LogP contribution in [0.1, 0.15) is 37.9 Å². The first-order valence-corrected chi connectivity index (χ1v) is 11.6.